The molecule has 1 unspecified atom stereocenters. The Labute approximate surface area is 275 Å². The number of benzene rings is 2. The minimum Gasteiger partial charge on any atom is -0.497 e. The molecule has 0 spiro atoms. The highest BCUT2D eigenvalue weighted by atomic mass is 32.2. The maximum Gasteiger partial charge on any atom is 0.243 e. The van der Waals surface area contributed by atoms with Crippen LogP contribution in [-0.4, -0.2) is 99.1 Å². The van der Waals surface area contributed by atoms with Gasteiger partial charge in [-0.3, -0.25) is 4.90 Å². The number of hydrogen-bond donors (Lipinski definition) is 1. The normalized spacial score (nSPS) is 19.3. The summed E-state index contributed by atoms with van der Waals surface area (Å²) in [6.45, 7) is 8.81. The van der Waals surface area contributed by atoms with Crippen molar-refractivity contribution in [3.63, 3.8) is 0 Å². The van der Waals surface area contributed by atoms with Gasteiger partial charge in [-0.05, 0) is 82.4 Å². The van der Waals surface area contributed by atoms with Crippen LogP contribution in [0.5, 0.6) is 11.6 Å². The van der Waals surface area contributed by atoms with Crippen LogP contribution in [0.4, 0.5) is 0 Å². The van der Waals surface area contributed by atoms with E-state index < -0.39 is 10.0 Å². The molecule has 0 radical (unpaired) electrons. The van der Waals surface area contributed by atoms with Crippen molar-refractivity contribution in [2.24, 2.45) is 0 Å². The molecule has 46 heavy (non-hydrogen) atoms. The number of aryl methyl sites for hydroxylation is 2. The molecule has 11 heteroatoms. The summed E-state index contributed by atoms with van der Waals surface area (Å²) in [6.07, 6.45) is 6.43. The maximum absolute atomic E-state index is 13.9. The van der Waals surface area contributed by atoms with Gasteiger partial charge >= 0.3 is 0 Å². The number of aromatic nitrogens is 2. The molecule has 3 heterocycles. The molecule has 0 saturated carbocycles. The molecule has 2 aliphatic rings. The molecule has 2 aromatic carbocycles. The number of nitrogens with zero attached hydrogens (tertiary/aromatic N) is 5. The van der Waals surface area contributed by atoms with Gasteiger partial charge in [-0.1, -0.05) is 36.8 Å². The third kappa shape index (κ3) is 7.71. The molecule has 1 atom stereocenters. The molecule has 2 saturated heterocycles. The zero-order valence-corrected chi connectivity index (χ0v) is 28.9. The van der Waals surface area contributed by atoms with Crippen LogP contribution in [0.25, 0.3) is 0 Å². The Hall–Kier alpha value is -3.09. The van der Waals surface area contributed by atoms with E-state index in [9.17, 15) is 8.42 Å². The van der Waals surface area contributed by atoms with Crippen LogP contribution in [0.1, 0.15) is 54.6 Å². The van der Waals surface area contributed by atoms with Gasteiger partial charge in [0.1, 0.15) is 18.2 Å². The Kier molecular flexibility index (Phi) is 11.3. The largest absolute Gasteiger partial charge is 0.497 e. The lowest BCUT2D eigenvalue weighted by Gasteiger charge is -2.46. The topological polar surface area (TPSA) is 100 Å². The summed E-state index contributed by atoms with van der Waals surface area (Å²) in [4.78, 5) is 14.3. The van der Waals surface area contributed by atoms with Crippen molar-refractivity contribution in [2.75, 3.05) is 60.5 Å². The van der Waals surface area contributed by atoms with Crippen molar-refractivity contribution in [3.8, 4) is 11.6 Å². The number of hydrogen-bond acceptors (Lipinski definition) is 9. The first-order valence-electron chi connectivity index (χ1n) is 16.4. The summed E-state index contributed by atoms with van der Waals surface area (Å²) in [7, 11) is 2.27. The number of piperidine rings is 2. The van der Waals surface area contributed by atoms with E-state index in [0.29, 0.717) is 46.6 Å². The first-order valence-corrected chi connectivity index (χ1v) is 17.9. The molecular weight excluding hydrogens is 600 g/mol. The van der Waals surface area contributed by atoms with Crippen LogP contribution in [-0.2, 0) is 22.1 Å². The highest BCUT2D eigenvalue weighted by molar-refractivity contribution is 7.89. The molecule has 3 aromatic rings. The van der Waals surface area contributed by atoms with Crippen LogP contribution in [0.2, 0.25) is 0 Å². The SMILES string of the molecule is COc1cc(C)c(S(=O)(=O)N2CCCCC2COc2ccnc(CNCCN3CCC(c4ccccc4)(N(C)C)CC3)n2)c(C)c1. The Morgan fingerprint density at radius 2 is 1.74 bits per heavy atom. The van der Waals surface area contributed by atoms with E-state index in [-0.39, 0.29) is 18.2 Å². The standard InChI is InChI=1S/C35H50N6O4S/c1-27-23-31(44-5)24-28(2)34(27)46(42,43)41-19-10-9-13-30(41)26-45-33-14-17-37-32(38-33)25-36-18-22-40-20-15-35(16-21-40,39(3)4)29-11-7-6-8-12-29/h6-8,11-12,14,17,23-24,30,36H,9-10,13,15-16,18-22,25-26H2,1-5H3. The van der Waals surface area contributed by atoms with Crippen molar-refractivity contribution in [3.05, 3.63) is 77.2 Å². The summed E-state index contributed by atoms with van der Waals surface area (Å²) in [6, 6.07) is 15.9. The Balaban J connectivity index is 1.12. The Morgan fingerprint density at radius 3 is 2.41 bits per heavy atom. The lowest BCUT2D eigenvalue weighted by molar-refractivity contribution is 0.0543. The molecule has 1 N–H and O–H groups in total. The van der Waals surface area contributed by atoms with Crippen LogP contribution in [0, 0.1) is 13.8 Å². The molecule has 10 nitrogen and oxygen atoms in total. The van der Waals surface area contributed by atoms with Crippen molar-refractivity contribution in [1.82, 2.24) is 29.4 Å². The van der Waals surface area contributed by atoms with Gasteiger partial charge in [0, 0.05) is 50.5 Å². The highest BCUT2D eigenvalue weighted by Gasteiger charge is 2.38. The van der Waals surface area contributed by atoms with E-state index in [1.54, 1.807) is 35.8 Å². The summed E-state index contributed by atoms with van der Waals surface area (Å²) < 4.78 is 40.8. The van der Waals surface area contributed by atoms with Gasteiger partial charge in [0.15, 0.2) is 0 Å². The number of rotatable bonds is 13. The first-order chi connectivity index (χ1) is 22.1. The molecule has 250 valence electrons. The number of ether oxygens (including phenoxy) is 2. The van der Waals surface area contributed by atoms with E-state index >= 15 is 0 Å². The van der Waals surface area contributed by atoms with E-state index in [1.165, 1.54) is 5.56 Å². The molecular formula is C35H50N6O4S. The number of methoxy groups -OCH3 is 1. The number of nitrogens with one attached hydrogen (secondary N) is 1. The second-order valence-electron chi connectivity index (χ2n) is 12.8. The van der Waals surface area contributed by atoms with Gasteiger partial charge in [-0.2, -0.15) is 9.29 Å². The quantitative estimate of drug-likeness (QED) is 0.271. The van der Waals surface area contributed by atoms with Crippen LogP contribution < -0.4 is 14.8 Å². The third-order valence-corrected chi connectivity index (χ3v) is 11.9. The average molecular weight is 651 g/mol. The molecule has 0 aliphatic carbocycles. The molecule has 2 aliphatic heterocycles. The van der Waals surface area contributed by atoms with Gasteiger partial charge in [-0.25, -0.2) is 13.4 Å². The smallest absolute Gasteiger partial charge is 0.243 e. The second-order valence-corrected chi connectivity index (χ2v) is 14.6. The molecule has 0 amide bonds. The monoisotopic (exact) mass is 650 g/mol. The van der Waals surface area contributed by atoms with Gasteiger partial charge in [0.05, 0.1) is 24.6 Å². The minimum atomic E-state index is -3.71. The highest BCUT2D eigenvalue weighted by Crippen LogP contribution is 2.37. The van der Waals surface area contributed by atoms with Gasteiger partial charge in [0.2, 0.25) is 15.9 Å². The van der Waals surface area contributed by atoms with Crippen molar-refractivity contribution < 1.29 is 17.9 Å². The summed E-state index contributed by atoms with van der Waals surface area (Å²) in [5.74, 6) is 1.77. The van der Waals surface area contributed by atoms with Gasteiger partial charge < -0.3 is 19.7 Å². The lowest BCUT2D eigenvalue weighted by Crippen LogP contribution is -2.51. The summed E-state index contributed by atoms with van der Waals surface area (Å²) in [5, 5.41) is 3.49. The van der Waals surface area contributed by atoms with E-state index in [2.05, 4.69) is 69.5 Å². The Bertz CT molecular complexity index is 1520. The summed E-state index contributed by atoms with van der Waals surface area (Å²) in [5.41, 5.74) is 2.86. The average Bonchev–Trinajstić information content (AvgIpc) is 3.06. The number of likely N-dealkylation sites (tertiary alicyclic amines) is 1. The number of sulfonamides is 1. The summed E-state index contributed by atoms with van der Waals surface area (Å²) >= 11 is 0. The third-order valence-electron chi connectivity index (χ3n) is 9.65. The van der Waals surface area contributed by atoms with Crippen LogP contribution in [0.3, 0.4) is 0 Å². The molecule has 0 bridgehead atoms. The van der Waals surface area contributed by atoms with Crippen LogP contribution in [0.15, 0.2) is 59.6 Å². The Morgan fingerprint density at radius 1 is 1.02 bits per heavy atom. The fraction of sp³-hybridized carbons (Fsp3) is 0.543. The zero-order chi connectivity index (χ0) is 32.7. The van der Waals surface area contributed by atoms with E-state index in [1.807, 2.05) is 13.8 Å². The van der Waals surface area contributed by atoms with Gasteiger partial charge in [-0.15, -0.1) is 0 Å². The molecule has 5 rings (SSSR count). The van der Waals surface area contributed by atoms with E-state index in [4.69, 9.17) is 9.47 Å². The molecule has 1 aromatic heterocycles. The van der Waals surface area contributed by atoms with E-state index in [0.717, 1.165) is 58.3 Å². The predicted octanol–water partition coefficient (Wildman–Crippen LogP) is 4.37. The lowest BCUT2D eigenvalue weighted by atomic mass is 9.80. The maximum atomic E-state index is 13.9. The molecule has 2 fully saturated rings. The predicted molar refractivity (Wildman–Crippen MR) is 181 cm³/mol. The minimum absolute atomic E-state index is 0.0892. The fourth-order valence-corrected chi connectivity index (χ4v) is 9.16. The van der Waals surface area contributed by atoms with Crippen molar-refractivity contribution in [1.29, 1.82) is 0 Å². The first kappa shape index (κ1) is 34.3. The zero-order valence-electron chi connectivity index (χ0n) is 28.0. The fourth-order valence-electron chi connectivity index (χ4n) is 7.06. The van der Waals surface area contributed by atoms with Crippen LogP contribution >= 0.6 is 0 Å². The second kappa shape index (κ2) is 15.2. The van der Waals surface area contributed by atoms with Gasteiger partial charge in [0.25, 0.3) is 0 Å². The van der Waals surface area contributed by atoms with Crippen molar-refractivity contribution >= 4 is 10.0 Å². The van der Waals surface area contributed by atoms with Crippen molar-refractivity contribution in [2.45, 2.75) is 69.0 Å².